The monoisotopic (exact) mass is 273 g/mol. The smallest absolute Gasteiger partial charge is 0.213 e. The lowest BCUT2D eigenvalue weighted by Crippen LogP contribution is -2.30. The van der Waals surface area contributed by atoms with Gasteiger partial charge >= 0.3 is 0 Å². The zero-order chi connectivity index (χ0) is 14.1. The van der Waals surface area contributed by atoms with Crippen molar-refractivity contribution in [2.75, 3.05) is 7.11 Å². The van der Waals surface area contributed by atoms with Crippen LogP contribution in [0, 0.1) is 0 Å². The van der Waals surface area contributed by atoms with Crippen LogP contribution in [0.1, 0.15) is 17.2 Å². The minimum Gasteiger partial charge on any atom is -0.508 e. The average molecular weight is 273 g/mol. The van der Waals surface area contributed by atoms with Gasteiger partial charge in [0.15, 0.2) is 6.10 Å². The van der Waals surface area contributed by atoms with Crippen molar-refractivity contribution in [2.45, 2.75) is 18.6 Å². The summed E-state index contributed by atoms with van der Waals surface area (Å²) in [7, 11) is 1.54. The zero-order valence-electron chi connectivity index (χ0n) is 11.0. The van der Waals surface area contributed by atoms with Crippen molar-refractivity contribution in [3.8, 4) is 17.4 Å². The molecule has 1 aliphatic rings. The van der Waals surface area contributed by atoms with Crippen LogP contribution in [0.4, 0.5) is 0 Å². The Morgan fingerprint density at radius 3 is 2.95 bits per heavy atom. The summed E-state index contributed by atoms with van der Waals surface area (Å²) in [6, 6.07) is 8.43. The summed E-state index contributed by atoms with van der Waals surface area (Å²) in [5.41, 5.74) is 1.67. The Bertz CT molecular complexity index is 629. The maximum absolute atomic E-state index is 10.3. The number of ether oxygens (including phenoxy) is 2. The second kappa shape index (κ2) is 5.02. The number of methoxy groups -OCH3 is 1. The molecule has 104 valence electrons. The molecule has 1 aromatic carbocycles. The van der Waals surface area contributed by atoms with Gasteiger partial charge in [-0.05, 0) is 17.7 Å². The van der Waals surface area contributed by atoms with Gasteiger partial charge in [-0.2, -0.15) is 0 Å². The number of hydrogen-bond donors (Lipinski definition) is 2. The van der Waals surface area contributed by atoms with Gasteiger partial charge in [0.05, 0.1) is 13.2 Å². The Kier molecular flexibility index (Phi) is 3.20. The first-order chi connectivity index (χ1) is 9.67. The number of nitrogens with zero attached hydrogens (tertiary/aromatic N) is 1. The highest BCUT2D eigenvalue weighted by molar-refractivity contribution is 5.43. The van der Waals surface area contributed by atoms with Crippen LogP contribution >= 0.6 is 0 Å². The average Bonchev–Trinajstić information content (AvgIpc) is 2.47. The number of phenolic OH excluding ortho intramolecular Hbond substituents is 1. The summed E-state index contributed by atoms with van der Waals surface area (Å²) in [4.78, 5) is 4.04. The van der Waals surface area contributed by atoms with E-state index in [4.69, 9.17) is 9.47 Å². The normalized spacial score (nSPS) is 20.9. The van der Waals surface area contributed by atoms with Crippen LogP contribution in [0.15, 0.2) is 36.5 Å². The molecule has 0 saturated heterocycles. The number of aromatic hydroxyl groups is 1. The fraction of sp³-hybridized carbons (Fsp3) is 0.267. The molecular weight excluding hydrogens is 258 g/mol. The third kappa shape index (κ3) is 2.28. The lowest BCUT2D eigenvalue weighted by molar-refractivity contribution is 0.0205. The van der Waals surface area contributed by atoms with E-state index < -0.39 is 12.2 Å². The minimum absolute atomic E-state index is 0.145. The van der Waals surface area contributed by atoms with Crippen molar-refractivity contribution in [3.63, 3.8) is 0 Å². The molecule has 0 radical (unpaired) electrons. The van der Waals surface area contributed by atoms with Gasteiger partial charge in [-0.1, -0.05) is 6.07 Å². The lowest BCUT2D eigenvalue weighted by Gasteiger charge is -2.31. The van der Waals surface area contributed by atoms with Crippen molar-refractivity contribution < 1.29 is 19.7 Å². The van der Waals surface area contributed by atoms with Gasteiger partial charge in [-0.25, -0.2) is 4.98 Å². The van der Waals surface area contributed by atoms with Crippen LogP contribution in [0.25, 0.3) is 0 Å². The van der Waals surface area contributed by atoms with E-state index in [0.29, 0.717) is 18.1 Å². The molecule has 3 rings (SSSR count). The van der Waals surface area contributed by atoms with Crippen LogP contribution in [0.2, 0.25) is 0 Å². The predicted molar refractivity (Wildman–Crippen MR) is 72.0 cm³/mol. The second-order valence-electron chi connectivity index (χ2n) is 4.73. The van der Waals surface area contributed by atoms with Crippen molar-refractivity contribution in [3.05, 3.63) is 47.7 Å². The maximum Gasteiger partial charge on any atom is 0.213 e. The highest BCUT2D eigenvalue weighted by Gasteiger charge is 2.30. The molecule has 5 nitrogen and oxygen atoms in total. The zero-order valence-corrected chi connectivity index (χ0v) is 11.0. The van der Waals surface area contributed by atoms with Crippen LogP contribution < -0.4 is 9.47 Å². The summed E-state index contributed by atoms with van der Waals surface area (Å²) in [6.45, 7) is 0. The molecule has 1 aliphatic heterocycles. The lowest BCUT2D eigenvalue weighted by atomic mass is 9.95. The molecule has 0 spiro atoms. The molecule has 2 atom stereocenters. The van der Waals surface area contributed by atoms with Crippen molar-refractivity contribution in [2.24, 2.45) is 0 Å². The molecule has 2 N–H and O–H groups in total. The number of aliphatic hydroxyl groups is 1. The van der Waals surface area contributed by atoms with Gasteiger partial charge in [-0.15, -0.1) is 0 Å². The van der Waals surface area contributed by atoms with Gasteiger partial charge < -0.3 is 19.7 Å². The van der Waals surface area contributed by atoms with Crippen LogP contribution in [-0.4, -0.2) is 28.4 Å². The molecule has 0 amide bonds. The number of aromatic nitrogens is 1. The molecular formula is C15H15NO4. The summed E-state index contributed by atoms with van der Waals surface area (Å²) in [6.07, 6.45) is 0.938. The van der Waals surface area contributed by atoms with E-state index in [9.17, 15) is 10.2 Å². The molecule has 0 bridgehead atoms. The van der Waals surface area contributed by atoms with E-state index in [-0.39, 0.29) is 5.75 Å². The number of rotatable bonds is 2. The van der Waals surface area contributed by atoms with Gasteiger partial charge in [-0.3, -0.25) is 0 Å². The minimum atomic E-state index is -0.654. The number of fused-ring (bicyclic) bond motifs is 1. The van der Waals surface area contributed by atoms with E-state index in [2.05, 4.69) is 4.98 Å². The van der Waals surface area contributed by atoms with Gasteiger partial charge in [0.1, 0.15) is 11.5 Å². The number of pyridine rings is 1. The predicted octanol–water partition coefficient (Wildman–Crippen LogP) is 1.83. The van der Waals surface area contributed by atoms with E-state index in [1.54, 1.807) is 36.5 Å². The van der Waals surface area contributed by atoms with Crippen molar-refractivity contribution >= 4 is 0 Å². The molecule has 20 heavy (non-hydrogen) atoms. The van der Waals surface area contributed by atoms with Gasteiger partial charge in [0, 0.05) is 30.3 Å². The first-order valence-electron chi connectivity index (χ1n) is 6.34. The molecule has 0 saturated carbocycles. The summed E-state index contributed by atoms with van der Waals surface area (Å²) in [5.74, 6) is 1.21. The molecule has 0 fully saturated rings. The number of aliphatic hydroxyl groups excluding tert-OH is 1. The van der Waals surface area contributed by atoms with Crippen LogP contribution in [0.5, 0.6) is 17.4 Å². The number of benzene rings is 1. The summed E-state index contributed by atoms with van der Waals surface area (Å²) in [5, 5.41) is 19.8. The van der Waals surface area contributed by atoms with Crippen LogP contribution in [0.3, 0.4) is 0 Å². The SMILES string of the molecule is COc1cc([C@H]2Oc3cc(O)ccc3C[C@@H]2O)ccn1. The molecule has 1 aromatic heterocycles. The Hall–Kier alpha value is -2.27. The van der Waals surface area contributed by atoms with Crippen LogP contribution in [-0.2, 0) is 6.42 Å². The second-order valence-corrected chi connectivity index (χ2v) is 4.73. The standard InChI is InChI=1S/C15H15NO4/c1-19-14-7-10(4-5-16-14)15-12(18)6-9-2-3-11(17)8-13(9)20-15/h2-5,7-8,12,15,17-18H,6H2,1H3/t12-,15+/m0/s1. The highest BCUT2D eigenvalue weighted by Crippen LogP contribution is 2.37. The molecule has 2 aromatic rings. The quantitative estimate of drug-likeness (QED) is 0.873. The van der Waals surface area contributed by atoms with E-state index in [1.807, 2.05) is 0 Å². The van der Waals surface area contributed by atoms with Gasteiger partial charge in [0.25, 0.3) is 0 Å². The van der Waals surface area contributed by atoms with Gasteiger partial charge in [0.2, 0.25) is 5.88 Å². The number of phenols is 1. The first-order valence-corrected chi connectivity index (χ1v) is 6.34. The summed E-state index contributed by atoms with van der Waals surface area (Å²) < 4.78 is 10.9. The Labute approximate surface area is 116 Å². The van der Waals surface area contributed by atoms with E-state index in [1.165, 1.54) is 7.11 Å². The van der Waals surface area contributed by atoms with E-state index >= 15 is 0 Å². The largest absolute Gasteiger partial charge is 0.508 e. The highest BCUT2D eigenvalue weighted by atomic mass is 16.5. The topological polar surface area (TPSA) is 71.8 Å². The summed E-state index contributed by atoms with van der Waals surface area (Å²) >= 11 is 0. The maximum atomic E-state index is 10.3. The Morgan fingerprint density at radius 2 is 2.15 bits per heavy atom. The van der Waals surface area contributed by atoms with Crippen molar-refractivity contribution in [1.82, 2.24) is 4.98 Å². The molecule has 0 unspecified atom stereocenters. The van der Waals surface area contributed by atoms with Crippen molar-refractivity contribution in [1.29, 1.82) is 0 Å². The Morgan fingerprint density at radius 1 is 1.30 bits per heavy atom. The Balaban J connectivity index is 1.94. The first kappa shape index (κ1) is 12.7. The third-order valence-corrected chi connectivity index (χ3v) is 3.38. The molecule has 5 heteroatoms. The molecule has 0 aliphatic carbocycles. The fourth-order valence-electron chi connectivity index (χ4n) is 2.37. The fourth-order valence-corrected chi connectivity index (χ4v) is 2.37. The third-order valence-electron chi connectivity index (χ3n) is 3.38. The number of hydrogen-bond acceptors (Lipinski definition) is 5. The molecule has 2 heterocycles. The van der Waals surface area contributed by atoms with E-state index in [0.717, 1.165) is 11.1 Å².